The summed E-state index contributed by atoms with van der Waals surface area (Å²) in [4.78, 5) is 26.9. The first kappa shape index (κ1) is 17.4. The smallest absolute Gasteiger partial charge is 0.349 e. The van der Waals surface area contributed by atoms with Crippen molar-refractivity contribution in [3.05, 3.63) is 82.8 Å². The second-order valence-electron chi connectivity index (χ2n) is 7.13. The average Bonchev–Trinajstić information content (AvgIpc) is 3.43. The highest BCUT2D eigenvalue weighted by Gasteiger charge is 2.30. The fourth-order valence-corrected chi connectivity index (χ4v) is 3.72. The van der Waals surface area contributed by atoms with E-state index >= 15 is 0 Å². The summed E-state index contributed by atoms with van der Waals surface area (Å²) in [6.45, 7) is 1.03. The topological polar surface area (TPSA) is 81.2 Å². The van der Waals surface area contributed by atoms with Crippen LogP contribution in [0.1, 0.15) is 22.8 Å². The first-order valence-corrected chi connectivity index (χ1v) is 9.48. The van der Waals surface area contributed by atoms with Gasteiger partial charge in [0.25, 0.3) is 5.91 Å². The number of likely N-dealkylation sites (tertiary alicyclic amines) is 1. The SMILES string of the molecule is O=C(c1cc2ccccc2oc1=O)N1CC[C@H](n2cc(-c3ccccc3)nn2)C1. The Hall–Kier alpha value is -3.74. The molecule has 1 saturated heterocycles. The van der Waals surface area contributed by atoms with E-state index in [1.807, 2.05) is 48.7 Å². The van der Waals surface area contributed by atoms with E-state index in [2.05, 4.69) is 10.3 Å². The third kappa shape index (κ3) is 3.20. The average molecular weight is 386 g/mol. The van der Waals surface area contributed by atoms with Crippen molar-refractivity contribution in [2.75, 3.05) is 13.1 Å². The van der Waals surface area contributed by atoms with Gasteiger partial charge in [-0.25, -0.2) is 9.48 Å². The first-order chi connectivity index (χ1) is 14.2. The number of carbonyl (C=O) groups is 1. The summed E-state index contributed by atoms with van der Waals surface area (Å²) in [6, 6.07) is 18.6. The molecule has 29 heavy (non-hydrogen) atoms. The molecule has 3 heterocycles. The summed E-state index contributed by atoms with van der Waals surface area (Å²) in [7, 11) is 0. The number of aromatic nitrogens is 3. The van der Waals surface area contributed by atoms with Gasteiger partial charge in [0.1, 0.15) is 16.8 Å². The Morgan fingerprint density at radius 2 is 1.86 bits per heavy atom. The first-order valence-electron chi connectivity index (χ1n) is 9.48. The minimum atomic E-state index is -0.607. The van der Waals surface area contributed by atoms with Crippen LogP contribution in [0.5, 0.6) is 0 Å². The van der Waals surface area contributed by atoms with E-state index in [1.165, 1.54) is 0 Å². The molecule has 7 heteroatoms. The lowest BCUT2D eigenvalue weighted by Crippen LogP contribution is -2.32. The van der Waals surface area contributed by atoms with E-state index in [4.69, 9.17) is 4.42 Å². The highest BCUT2D eigenvalue weighted by molar-refractivity contribution is 5.96. The summed E-state index contributed by atoms with van der Waals surface area (Å²) < 4.78 is 7.11. The molecule has 1 aliphatic heterocycles. The molecule has 0 bridgehead atoms. The Bertz CT molecular complexity index is 1250. The zero-order chi connectivity index (χ0) is 19.8. The van der Waals surface area contributed by atoms with E-state index in [0.717, 1.165) is 23.1 Å². The van der Waals surface area contributed by atoms with Gasteiger partial charge in [-0.3, -0.25) is 4.79 Å². The van der Waals surface area contributed by atoms with Gasteiger partial charge in [-0.05, 0) is 18.6 Å². The van der Waals surface area contributed by atoms with Crippen molar-refractivity contribution in [2.45, 2.75) is 12.5 Å². The predicted molar refractivity (Wildman–Crippen MR) is 107 cm³/mol. The van der Waals surface area contributed by atoms with Gasteiger partial charge >= 0.3 is 5.63 Å². The van der Waals surface area contributed by atoms with Crippen molar-refractivity contribution in [3.8, 4) is 11.3 Å². The lowest BCUT2D eigenvalue weighted by molar-refractivity contribution is 0.0783. The molecule has 0 spiro atoms. The zero-order valence-electron chi connectivity index (χ0n) is 15.6. The Morgan fingerprint density at radius 1 is 1.07 bits per heavy atom. The summed E-state index contributed by atoms with van der Waals surface area (Å²) in [5.41, 5.74) is 1.73. The molecule has 5 rings (SSSR count). The van der Waals surface area contributed by atoms with E-state index in [0.29, 0.717) is 18.7 Å². The van der Waals surface area contributed by atoms with E-state index < -0.39 is 5.63 Å². The summed E-state index contributed by atoms with van der Waals surface area (Å²) in [6.07, 6.45) is 2.65. The molecule has 0 N–H and O–H groups in total. The molecular weight excluding hydrogens is 368 g/mol. The highest BCUT2D eigenvalue weighted by Crippen LogP contribution is 2.25. The van der Waals surface area contributed by atoms with Gasteiger partial charge in [0, 0.05) is 24.0 Å². The van der Waals surface area contributed by atoms with Crippen LogP contribution in [0.3, 0.4) is 0 Å². The summed E-state index contributed by atoms with van der Waals surface area (Å²) >= 11 is 0. The van der Waals surface area contributed by atoms with E-state index in [-0.39, 0.29) is 17.5 Å². The molecule has 2 aromatic heterocycles. The van der Waals surface area contributed by atoms with Crippen molar-refractivity contribution in [2.24, 2.45) is 0 Å². The van der Waals surface area contributed by atoms with Gasteiger partial charge < -0.3 is 9.32 Å². The maximum Gasteiger partial charge on any atom is 0.349 e. The van der Waals surface area contributed by atoms with Crippen LogP contribution >= 0.6 is 0 Å². The third-order valence-electron chi connectivity index (χ3n) is 5.28. The van der Waals surface area contributed by atoms with Crippen LogP contribution in [0, 0.1) is 0 Å². The van der Waals surface area contributed by atoms with Crippen LogP contribution in [0.4, 0.5) is 0 Å². The van der Waals surface area contributed by atoms with Crippen molar-refractivity contribution < 1.29 is 9.21 Å². The Kier molecular flexibility index (Phi) is 4.20. The maximum atomic E-state index is 12.9. The standard InChI is InChI=1S/C22H18N4O3/c27-21(18-12-16-8-4-5-9-20(16)29-22(18)28)25-11-10-17(13-25)26-14-19(23-24-26)15-6-2-1-3-7-15/h1-9,12,14,17H,10-11,13H2/t17-/m0/s1. The lowest BCUT2D eigenvalue weighted by atomic mass is 10.1. The number of amides is 1. The summed E-state index contributed by atoms with van der Waals surface area (Å²) in [5.74, 6) is -0.310. The molecule has 0 radical (unpaired) electrons. The number of hydrogen-bond donors (Lipinski definition) is 0. The Morgan fingerprint density at radius 3 is 2.72 bits per heavy atom. The second-order valence-corrected chi connectivity index (χ2v) is 7.13. The summed E-state index contributed by atoms with van der Waals surface area (Å²) in [5, 5.41) is 9.23. The lowest BCUT2D eigenvalue weighted by Gasteiger charge is -2.16. The molecule has 2 aromatic carbocycles. The molecule has 1 amide bonds. The minimum Gasteiger partial charge on any atom is -0.422 e. The van der Waals surface area contributed by atoms with E-state index in [9.17, 15) is 9.59 Å². The number of rotatable bonds is 3. The molecule has 0 aliphatic carbocycles. The van der Waals surface area contributed by atoms with Crippen LogP contribution in [0.2, 0.25) is 0 Å². The van der Waals surface area contributed by atoms with Gasteiger partial charge in [-0.1, -0.05) is 53.7 Å². The molecule has 4 aromatic rings. The number of para-hydroxylation sites is 1. The second kappa shape index (κ2) is 7.01. The fraction of sp³-hybridized carbons (Fsp3) is 0.182. The minimum absolute atomic E-state index is 0.0245. The highest BCUT2D eigenvalue weighted by atomic mass is 16.4. The Balaban J connectivity index is 1.36. The van der Waals surface area contributed by atoms with Gasteiger partial charge in [0.15, 0.2) is 0 Å². The number of hydrogen-bond acceptors (Lipinski definition) is 5. The van der Waals surface area contributed by atoms with Crippen molar-refractivity contribution in [1.29, 1.82) is 0 Å². The third-order valence-corrected chi connectivity index (χ3v) is 5.28. The van der Waals surface area contributed by atoms with Gasteiger partial charge in [0.05, 0.1) is 12.2 Å². The molecule has 144 valence electrons. The van der Waals surface area contributed by atoms with Crippen molar-refractivity contribution in [3.63, 3.8) is 0 Å². The fourth-order valence-electron chi connectivity index (χ4n) is 3.72. The van der Waals surface area contributed by atoms with Crippen LogP contribution < -0.4 is 5.63 Å². The number of carbonyl (C=O) groups excluding carboxylic acids is 1. The molecular formula is C22H18N4O3. The van der Waals surface area contributed by atoms with Crippen molar-refractivity contribution in [1.82, 2.24) is 19.9 Å². The molecule has 0 saturated carbocycles. The molecule has 1 aliphatic rings. The van der Waals surface area contributed by atoms with Gasteiger partial charge in [-0.15, -0.1) is 5.10 Å². The normalized spacial score (nSPS) is 16.4. The largest absolute Gasteiger partial charge is 0.422 e. The van der Waals surface area contributed by atoms with E-state index in [1.54, 1.807) is 27.8 Å². The van der Waals surface area contributed by atoms with Gasteiger partial charge in [-0.2, -0.15) is 0 Å². The predicted octanol–water partition coefficient (Wildman–Crippen LogP) is 3.14. The number of fused-ring (bicyclic) bond motifs is 1. The maximum absolute atomic E-state index is 12.9. The van der Waals surface area contributed by atoms with Crippen LogP contribution in [-0.4, -0.2) is 38.9 Å². The number of nitrogens with zero attached hydrogens (tertiary/aromatic N) is 4. The molecule has 1 atom stereocenters. The van der Waals surface area contributed by atoms with Crippen LogP contribution in [0.25, 0.3) is 22.2 Å². The quantitative estimate of drug-likeness (QED) is 0.505. The molecule has 7 nitrogen and oxygen atoms in total. The van der Waals surface area contributed by atoms with Crippen LogP contribution in [-0.2, 0) is 0 Å². The molecule has 1 fully saturated rings. The van der Waals surface area contributed by atoms with Crippen LogP contribution in [0.15, 0.2) is 76.1 Å². The monoisotopic (exact) mass is 386 g/mol. The van der Waals surface area contributed by atoms with Crippen molar-refractivity contribution >= 4 is 16.9 Å². The number of benzene rings is 2. The zero-order valence-corrected chi connectivity index (χ0v) is 15.6. The Labute approximate surface area is 166 Å². The van der Waals surface area contributed by atoms with Gasteiger partial charge in [0.2, 0.25) is 0 Å². The molecule has 0 unspecified atom stereocenters.